The van der Waals surface area contributed by atoms with E-state index < -0.39 is 11.4 Å². The lowest BCUT2D eigenvalue weighted by molar-refractivity contribution is -0.120. The maximum absolute atomic E-state index is 12.0. The van der Waals surface area contributed by atoms with Gasteiger partial charge in [0, 0.05) is 12.2 Å². The van der Waals surface area contributed by atoms with Crippen LogP contribution in [0.4, 0.5) is 5.69 Å². The molecule has 18 heavy (non-hydrogen) atoms. The second-order valence-electron chi connectivity index (χ2n) is 4.77. The fraction of sp³-hybridized carbons (Fsp3) is 0.385. The summed E-state index contributed by atoms with van der Waals surface area (Å²) in [5.41, 5.74) is 6.77. The van der Waals surface area contributed by atoms with Crippen LogP contribution in [-0.2, 0) is 4.79 Å². The van der Waals surface area contributed by atoms with Crippen molar-refractivity contribution in [2.45, 2.75) is 19.8 Å². The van der Waals surface area contributed by atoms with Crippen LogP contribution in [0.5, 0.6) is 0 Å². The van der Waals surface area contributed by atoms with E-state index in [1.54, 1.807) is 19.1 Å². The van der Waals surface area contributed by atoms with Crippen LogP contribution in [0.25, 0.3) is 0 Å². The fourth-order valence-corrected chi connectivity index (χ4v) is 1.87. The molecule has 1 aromatic carbocycles. The number of rotatable bonds is 4. The lowest BCUT2D eigenvalue weighted by Crippen LogP contribution is -2.31. The second kappa shape index (κ2) is 4.42. The van der Waals surface area contributed by atoms with Crippen LogP contribution in [0.15, 0.2) is 18.2 Å². The van der Waals surface area contributed by atoms with E-state index in [-0.39, 0.29) is 11.5 Å². The van der Waals surface area contributed by atoms with Crippen molar-refractivity contribution in [1.29, 1.82) is 0 Å². The van der Waals surface area contributed by atoms with Gasteiger partial charge in [0.25, 0.3) is 0 Å². The number of carbonyl (C=O) groups is 2. The van der Waals surface area contributed by atoms with Gasteiger partial charge in [-0.05, 0) is 43.5 Å². The van der Waals surface area contributed by atoms with Gasteiger partial charge in [-0.2, -0.15) is 0 Å². The first-order chi connectivity index (χ1) is 8.48. The van der Waals surface area contributed by atoms with Crippen LogP contribution in [-0.4, -0.2) is 23.5 Å². The van der Waals surface area contributed by atoms with Crippen molar-refractivity contribution in [2.24, 2.45) is 11.1 Å². The molecule has 0 saturated heterocycles. The van der Waals surface area contributed by atoms with Gasteiger partial charge in [-0.25, -0.2) is 4.79 Å². The first-order valence-corrected chi connectivity index (χ1v) is 5.84. The molecular formula is C13H16N2O3. The number of benzene rings is 1. The molecule has 0 radical (unpaired) electrons. The minimum absolute atomic E-state index is 0.0730. The van der Waals surface area contributed by atoms with Crippen molar-refractivity contribution < 1.29 is 14.7 Å². The molecule has 0 unspecified atom stereocenters. The quantitative estimate of drug-likeness (QED) is 0.750. The van der Waals surface area contributed by atoms with E-state index in [1.165, 1.54) is 6.07 Å². The number of aromatic carboxylic acids is 1. The van der Waals surface area contributed by atoms with Crippen LogP contribution < -0.4 is 11.1 Å². The third-order valence-corrected chi connectivity index (χ3v) is 3.45. The summed E-state index contributed by atoms with van der Waals surface area (Å²) in [6, 6.07) is 4.64. The van der Waals surface area contributed by atoms with Gasteiger partial charge < -0.3 is 16.2 Å². The van der Waals surface area contributed by atoms with Gasteiger partial charge in [-0.1, -0.05) is 0 Å². The van der Waals surface area contributed by atoms with E-state index in [0.29, 0.717) is 12.2 Å². The van der Waals surface area contributed by atoms with Gasteiger partial charge in [0.2, 0.25) is 5.91 Å². The maximum Gasteiger partial charge on any atom is 0.335 e. The molecule has 1 saturated carbocycles. The monoisotopic (exact) mass is 248 g/mol. The van der Waals surface area contributed by atoms with E-state index in [9.17, 15) is 9.59 Å². The van der Waals surface area contributed by atoms with Crippen molar-refractivity contribution in [3.63, 3.8) is 0 Å². The maximum atomic E-state index is 12.0. The van der Waals surface area contributed by atoms with E-state index in [0.717, 1.165) is 18.4 Å². The summed E-state index contributed by atoms with van der Waals surface area (Å²) in [4.78, 5) is 22.8. The Morgan fingerprint density at radius 2 is 2.11 bits per heavy atom. The predicted octanol–water partition coefficient (Wildman–Crippen LogP) is 1.37. The molecule has 0 heterocycles. The fourth-order valence-electron chi connectivity index (χ4n) is 1.87. The third kappa shape index (κ3) is 2.22. The number of aryl methyl sites for hydroxylation is 1. The van der Waals surface area contributed by atoms with Crippen LogP contribution in [0.3, 0.4) is 0 Å². The zero-order valence-electron chi connectivity index (χ0n) is 10.2. The molecule has 0 bridgehead atoms. The first kappa shape index (κ1) is 12.6. The number of anilines is 1. The molecule has 2 rings (SSSR count). The molecule has 0 aromatic heterocycles. The smallest absolute Gasteiger partial charge is 0.335 e. The van der Waals surface area contributed by atoms with Gasteiger partial charge in [0.05, 0.1) is 11.0 Å². The Kier molecular flexibility index (Phi) is 3.09. The van der Waals surface area contributed by atoms with Crippen LogP contribution in [0, 0.1) is 12.3 Å². The van der Waals surface area contributed by atoms with Crippen molar-refractivity contribution in [2.75, 3.05) is 11.9 Å². The average Bonchev–Trinajstić information content (AvgIpc) is 3.12. The molecule has 4 N–H and O–H groups in total. The molecule has 1 aliphatic rings. The lowest BCUT2D eigenvalue weighted by atomic mass is 10.1. The Labute approximate surface area is 105 Å². The normalized spacial score (nSPS) is 16.1. The van der Waals surface area contributed by atoms with Crippen LogP contribution in [0.1, 0.15) is 28.8 Å². The van der Waals surface area contributed by atoms with Crippen molar-refractivity contribution in [1.82, 2.24) is 0 Å². The van der Waals surface area contributed by atoms with Crippen molar-refractivity contribution in [3.8, 4) is 0 Å². The van der Waals surface area contributed by atoms with Crippen molar-refractivity contribution in [3.05, 3.63) is 29.3 Å². The second-order valence-corrected chi connectivity index (χ2v) is 4.77. The summed E-state index contributed by atoms with van der Waals surface area (Å²) in [5, 5.41) is 11.7. The summed E-state index contributed by atoms with van der Waals surface area (Å²) >= 11 is 0. The van der Waals surface area contributed by atoms with E-state index in [4.69, 9.17) is 10.8 Å². The molecule has 0 spiro atoms. The zero-order chi connectivity index (χ0) is 13.3. The Balaban J connectivity index is 2.15. The summed E-state index contributed by atoms with van der Waals surface area (Å²) in [5.74, 6) is -1.05. The van der Waals surface area contributed by atoms with E-state index >= 15 is 0 Å². The van der Waals surface area contributed by atoms with Gasteiger partial charge >= 0.3 is 5.97 Å². The summed E-state index contributed by atoms with van der Waals surface area (Å²) in [6.45, 7) is 2.12. The number of carboxylic acid groups (broad SMARTS) is 1. The summed E-state index contributed by atoms with van der Waals surface area (Å²) in [6.07, 6.45) is 1.64. The molecule has 0 atom stereocenters. The SMILES string of the molecule is Cc1cc(C(=O)O)ccc1NC(=O)C1(CN)CC1. The molecule has 1 amide bonds. The van der Waals surface area contributed by atoms with Crippen LogP contribution in [0.2, 0.25) is 0 Å². The van der Waals surface area contributed by atoms with E-state index in [1.807, 2.05) is 0 Å². The van der Waals surface area contributed by atoms with Gasteiger partial charge in [0.15, 0.2) is 0 Å². The number of carboxylic acids is 1. The Morgan fingerprint density at radius 3 is 2.56 bits per heavy atom. The lowest BCUT2D eigenvalue weighted by Gasteiger charge is -2.14. The average molecular weight is 248 g/mol. The van der Waals surface area contributed by atoms with Gasteiger partial charge in [-0.3, -0.25) is 4.79 Å². The highest BCUT2D eigenvalue weighted by Gasteiger charge is 2.48. The minimum Gasteiger partial charge on any atom is -0.478 e. The topological polar surface area (TPSA) is 92.4 Å². The Morgan fingerprint density at radius 1 is 1.44 bits per heavy atom. The number of hydrogen-bond donors (Lipinski definition) is 3. The molecule has 1 aromatic rings. The number of hydrogen-bond acceptors (Lipinski definition) is 3. The number of nitrogens with one attached hydrogen (secondary N) is 1. The Hall–Kier alpha value is -1.88. The molecule has 5 heteroatoms. The molecule has 1 aliphatic carbocycles. The molecular weight excluding hydrogens is 232 g/mol. The van der Waals surface area contributed by atoms with Crippen LogP contribution >= 0.6 is 0 Å². The largest absolute Gasteiger partial charge is 0.478 e. The first-order valence-electron chi connectivity index (χ1n) is 5.84. The van der Waals surface area contributed by atoms with Crippen molar-refractivity contribution >= 4 is 17.6 Å². The molecule has 96 valence electrons. The number of nitrogens with two attached hydrogens (primary N) is 1. The summed E-state index contributed by atoms with van der Waals surface area (Å²) in [7, 11) is 0. The zero-order valence-corrected chi connectivity index (χ0v) is 10.2. The highest BCUT2D eigenvalue weighted by atomic mass is 16.4. The number of amides is 1. The highest BCUT2D eigenvalue weighted by molar-refractivity contribution is 5.98. The molecule has 5 nitrogen and oxygen atoms in total. The Bertz CT molecular complexity index is 507. The minimum atomic E-state index is -0.975. The van der Waals surface area contributed by atoms with Gasteiger partial charge in [0.1, 0.15) is 0 Å². The standard InChI is InChI=1S/C13H16N2O3/c1-8-6-9(11(16)17)2-3-10(8)15-12(18)13(7-14)4-5-13/h2-3,6H,4-5,7,14H2,1H3,(H,15,18)(H,16,17). The van der Waals surface area contributed by atoms with E-state index in [2.05, 4.69) is 5.32 Å². The predicted molar refractivity (Wildman–Crippen MR) is 67.5 cm³/mol. The molecule has 0 aliphatic heterocycles. The summed E-state index contributed by atoms with van der Waals surface area (Å²) < 4.78 is 0. The van der Waals surface area contributed by atoms with Gasteiger partial charge in [-0.15, -0.1) is 0 Å². The third-order valence-electron chi connectivity index (χ3n) is 3.45. The molecule has 1 fully saturated rings. The number of carbonyl (C=O) groups excluding carboxylic acids is 1. The highest BCUT2D eigenvalue weighted by Crippen LogP contribution is 2.45.